The molecule has 0 aliphatic carbocycles. The molecule has 2 aromatic rings. The summed E-state index contributed by atoms with van der Waals surface area (Å²) in [5, 5.41) is 11.3. The first kappa shape index (κ1) is 14.2. The Morgan fingerprint density at radius 2 is 2.11 bits per heavy atom. The fourth-order valence-corrected chi connectivity index (χ4v) is 2.84. The number of hydrogen-bond donors (Lipinski definition) is 1. The molecule has 1 aromatic heterocycles. The molecular weight excluding hydrogens is 282 g/mol. The van der Waals surface area contributed by atoms with E-state index in [9.17, 15) is 5.11 Å². The van der Waals surface area contributed by atoms with Crippen molar-refractivity contribution in [1.29, 1.82) is 0 Å². The van der Waals surface area contributed by atoms with Crippen LogP contribution >= 0.6 is 23.4 Å². The number of nitrogens with zero attached hydrogens (tertiary/aromatic N) is 1. The highest BCUT2D eigenvalue weighted by atomic mass is 35.5. The Morgan fingerprint density at radius 3 is 2.68 bits per heavy atom. The number of rotatable bonds is 4. The maximum atomic E-state index is 9.90. The molecule has 1 atom stereocenters. The Bertz CT molecular complexity index is 558. The first-order valence-electron chi connectivity index (χ1n) is 5.76. The molecule has 5 heteroatoms. The van der Waals surface area contributed by atoms with Gasteiger partial charge in [0.15, 0.2) is 0 Å². The number of ether oxygens (including phenoxy) is 1. The van der Waals surface area contributed by atoms with Gasteiger partial charge in [0.2, 0.25) is 0 Å². The lowest BCUT2D eigenvalue weighted by atomic mass is 10.1. The quantitative estimate of drug-likeness (QED) is 0.927. The number of pyridine rings is 1. The van der Waals surface area contributed by atoms with Crippen molar-refractivity contribution >= 4 is 23.4 Å². The largest absolute Gasteiger partial charge is 0.496 e. The van der Waals surface area contributed by atoms with Gasteiger partial charge in [-0.25, -0.2) is 4.98 Å². The lowest BCUT2D eigenvalue weighted by molar-refractivity contribution is 0.191. The van der Waals surface area contributed by atoms with Crippen LogP contribution in [0.2, 0.25) is 5.02 Å². The SMILES string of the molecule is COc1cccc(Sc2ccc(Cl)cn2)c1[C@H](C)O. The van der Waals surface area contributed by atoms with Gasteiger partial charge < -0.3 is 9.84 Å². The fourth-order valence-electron chi connectivity index (χ4n) is 1.74. The van der Waals surface area contributed by atoms with Crippen molar-refractivity contribution in [1.82, 2.24) is 4.98 Å². The minimum absolute atomic E-state index is 0.603. The molecule has 0 saturated carbocycles. The van der Waals surface area contributed by atoms with E-state index in [0.29, 0.717) is 10.8 Å². The Balaban J connectivity index is 2.36. The molecule has 1 aromatic carbocycles. The maximum absolute atomic E-state index is 9.90. The molecule has 0 fully saturated rings. The van der Waals surface area contributed by atoms with E-state index in [4.69, 9.17) is 16.3 Å². The maximum Gasteiger partial charge on any atom is 0.125 e. The molecule has 0 bridgehead atoms. The summed E-state index contributed by atoms with van der Waals surface area (Å²) in [6.07, 6.45) is 0.998. The third-order valence-electron chi connectivity index (χ3n) is 2.58. The summed E-state index contributed by atoms with van der Waals surface area (Å²) in [4.78, 5) is 5.16. The number of aliphatic hydroxyl groups is 1. The second kappa shape index (κ2) is 6.28. The smallest absolute Gasteiger partial charge is 0.125 e. The van der Waals surface area contributed by atoms with Crippen LogP contribution in [0.1, 0.15) is 18.6 Å². The van der Waals surface area contributed by atoms with Crippen LogP contribution in [-0.4, -0.2) is 17.2 Å². The molecule has 0 amide bonds. The highest BCUT2D eigenvalue weighted by Gasteiger charge is 2.15. The predicted octanol–water partition coefficient (Wildman–Crippen LogP) is 3.95. The van der Waals surface area contributed by atoms with Crippen LogP contribution in [0.15, 0.2) is 46.5 Å². The highest BCUT2D eigenvalue weighted by Crippen LogP contribution is 2.37. The number of aromatic nitrogens is 1. The van der Waals surface area contributed by atoms with Crippen molar-refractivity contribution in [2.75, 3.05) is 7.11 Å². The average Bonchev–Trinajstić information content (AvgIpc) is 2.40. The molecule has 100 valence electrons. The average molecular weight is 296 g/mol. The van der Waals surface area contributed by atoms with E-state index < -0.39 is 6.10 Å². The van der Waals surface area contributed by atoms with Crippen LogP contribution in [0.4, 0.5) is 0 Å². The summed E-state index contributed by atoms with van der Waals surface area (Å²) < 4.78 is 5.29. The lowest BCUT2D eigenvalue weighted by Crippen LogP contribution is -1.99. The van der Waals surface area contributed by atoms with Gasteiger partial charge in [0.05, 0.1) is 18.2 Å². The highest BCUT2D eigenvalue weighted by molar-refractivity contribution is 7.99. The number of benzene rings is 1. The number of halogens is 1. The van der Waals surface area contributed by atoms with Crippen molar-refractivity contribution < 1.29 is 9.84 Å². The number of aliphatic hydroxyl groups excluding tert-OH is 1. The van der Waals surface area contributed by atoms with Crippen LogP contribution < -0.4 is 4.74 Å². The van der Waals surface area contributed by atoms with Gasteiger partial charge >= 0.3 is 0 Å². The van der Waals surface area contributed by atoms with E-state index in [2.05, 4.69) is 4.98 Å². The van der Waals surface area contributed by atoms with Gasteiger partial charge in [0, 0.05) is 16.7 Å². The first-order chi connectivity index (χ1) is 9.11. The van der Waals surface area contributed by atoms with Crippen LogP contribution in [0.5, 0.6) is 5.75 Å². The van der Waals surface area contributed by atoms with E-state index in [1.165, 1.54) is 11.8 Å². The molecule has 19 heavy (non-hydrogen) atoms. The van der Waals surface area contributed by atoms with Crippen LogP contribution in [0.25, 0.3) is 0 Å². The third kappa shape index (κ3) is 3.41. The van der Waals surface area contributed by atoms with Gasteiger partial charge in [-0.15, -0.1) is 0 Å². The molecular formula is C14H14ClNO2S. The van der Waals surface area contributed by atoms with Crippen LogP contribution in [0.3, 0.4) is 0 Å². The lowest BCUT2D eigenvalue weighted by Gasteiger charge is -2.15. The van der Waals surface area contributed by atoms with Crippen molar-refractivity contribution in [3.63, 3.8) is 0 Å². The summed E-state index contributed by atoms with van der Waals surface area (Å²) in [7, 11) is 1.59. The summed E-state index contributed by atoms with van der Waals surface area (Å²) in [5.74, 6) is 0.675. The molecule has 0 saturated heterocycles. The minimum atomic E-state index is -0.606. The molecule has 1 heterocycles. The van der Waals surface area contributed by atoms with Crippen LogP contribution in [-0.2, 0) is 0 Å². The molecule has 0 radical (unpaired) electrons. The monoisotopic (exact) mass is 295 g/mol. The third-order valence-corrected chi connectivity index (χ3v) is 3.83. The molecule has 0 aliphatic rings. The van der Waals surface area contributed by atoms with Gasteiger partial charge in [-0.3, -0.25) is 0 Å². The minimum Gasteiger partial charge on any atom is -0.496 e. The van der Waals surface area contributed by atoms with E-state index in [1.807, 2.05) is 24.3 Å². The van der Waals surface area contributed by atoms with E-state index >= 15 is 0 Å². The molecule has 0 spiro atoms. The molecule has 3 nitrogen and oxygen atoms in total. The van der Waals surface area contributed by atoms with E-state index in [-0.39, 0.29) is 0 Å². The summed E-state index contributed by atoms with van der Waals surface area (Å²) >= 11 is 7.28. The van der Waals surface area contributed by atoms with Crippen LogP contribution in [0, 0.1) is 0 Å². The van der Waals surface area contributed by atoms with Gasteiger partial charge in [-0.2, -0.15) is 0 Å². The Kier molecular flexibility index (Phi) is 4.69. The molecule has 2 rings (SSSR count). The number of methoxy groups -OCH3 is 1. The summed E-state index contributed by atoms with van der Waals surface area (Å²) in [6.45, 7) is 1.72. The van der Waals surface area contributed by atoms with E-state index in [1.54, 1.807) is 26.3 Å². The zero-order chi connectivity index (χ0) is 13.8. The van der Waals surface area contributed by atoms with Gasteiger partial charge in [0.1, 0.15) is 10.8 Å². The van der Waals surface area contributed by atoms with Gasteiger partial charge in [0.25, 0.3) is 0 Å². The second-order valence-electron chi connectivity index (χ2n) is 3.96. The normalized spacial score (nSPS) is 12.2. The van der Waals surface area contributed by atoms with E-state index in [0.717, 1.165) is 15.5 Å². The number of hydrogen-bond acceptors (Lipinski definition) is 4. The molecule has 1 N–H and O–H groups in total. The zero-order valence-electron chi connectivity index (χ0n) is 10.6. The van der Waals surface area contributed by atoms with Crippen molar-refractivity contribution in [2.45, 2.75) is 22.9 Å². The zero-order valence-corrected chi connectivity index (χ0v) is 12.2. The van der Waals surface area contributed by atoms with Gasteiger partial charge in [-0.1, -0.05) is 29.4 Å². The standard InChI is InChI=1S/C14H14ClNO2S/c1-9(17)14-11(18-2)4-3-5-12(14)19-13-7-6-10(15)8-16-13/h3-9,17H,1-2H3/t9-/m0/s1. The van der Waals surface area contributed by atoms with Gasteiger partial charge in [-0.05, 0) is 31.2 Å². The second-order valence-corrected chi connectivity index (χ2v) is 5.46. The Hall–Kier alpha value is -1.23. The summed E-state index contributed by atoms with van der Waals surface area (Å²) in [6, 6.07) is 9.30. The fraction of sp³-hybridized carbons (Fsp3) is 0.214. The summed E-state index contributed by atoms with van der Waals surface area (Å²) in [5.41, 5.74) is 0.770. The van der Waals surface area contributed by atoms with Crippen molar-refractivity contribution in [3.05, 3.63) is 47.1 Å². The van der Waals surface area contributed by atoms with Crippen molar-refractivity contribution in [2.24, 2.45) is 0 Å². The van der Waals surface area contributed by atoms with Crippen molar-refractivity contribution in [3.8, 4) is 5.75 Å². The Labute approximate surface area is 121 Å². The Morgan fingerprint density at radius 1 is 1.32 bits per heavy atom. The molecule has 0 aliphatic heterocycles. The predicted molar refractivity (Wildman–Crippen MR) is 77.0 cm³/mol. The molecule has 0 unspecified atom stereocenters. The topological polar surface area (TPSA) is 42.4 Å². The first-order valence-corrected chi connectivity index (χ1v) is 6.95.